The van der Waals surface area contributed by atoms with E-state index in [0.29, 0.717) is 18.3 Å². The summed E-state index contributed by atoms with van der Waals surface area (Å²) in [5, 5.41) is 64.8. The van der Waals surface area contributed by atoms with Gasteiger partial charge in [-0.25, -0.2) is 0 Å². The summed E-state index contributed by atoms with van der Waals surface area (Å²) < 4.78 is 12.2. The van der Waals surface area contributed by atoms with Crippen molar-refractivity contribution in [1.29, 1.82) is 0 Å². The first-order chi connectivity index (χ1) is 20.3. The third kappa shape index (κ3) is 6.01. The topological polar surface area (TPSA) is 140 Å². The van der Waals surface area contributed by atoms with Gasteiger partial charge in [0.2, 0.25) is 0 Å². The molecule has 15 atom stereocenters. The summed E-state index contributed by atoms with van der Waals surface area (Å²) in [6.45, 7) is 17.5. The van der Waals surface area contributed by atoms with Crippen molar-refractivity contribution < 1.29 is 61.2 Å². The molecule has 0 bridgehead atoms. The van der Waals surface area contributed by atoms with Gasteiger partial charge in [0.15, 0.2) is 6.29 Å². The second-order valence-electron chi connectivity index (χ2n) is 17.3. The average Bonchev–Trinajstić information content (AvgIpc) is 3.32. The number of hydrogen-bond donors (Lipinski definition) is 6. The predicted octanol–water partition coefficient (Wildman–Crippen LogP) is 4.32. The van der Waals surface area contributed by atoms with Crippen LogP contribution in [0.2, 0.25) is 0 Å². The van der Waals surface area contributed by atoms with Crippen molar-refractivity contribution >= 4 is 0 Å². The van der Waals surface area contributed by atoms with Crippen LogP contribution in [0.1, 0.15) is 113 Å². The maximum atomic E-state index is 12.0. The molecule has 45 heavy (non-hydrogen) atoms. The van der Waals surface area contributed by atoms with Crippen LogP contribution in [0.3, 0.4) is 0 Å². The fraction of sp³-hybridized carbons (Fsp3) is 0.944. The Bertz CT molecular complexity index is 1080. The summed E-state index contributed by atoms with van der Waals surface area (Å²) in [5.74, 6) is 0.792. The summed E-state index contributed by atoms with van der Waals surface area (Å²) in [4.78, 5) is 0. The first-order valence-electron chi connectivity index (χ1n) is 17.3. The summed E-state index contributed by atoms with van der Waals surface area (Å²) in [7, 11) is 0. The predicted molar refractivity (Wildman–Crippen MR) is 168 cm³/mol. The zero-order valence-corrected chi connectivity index (χ0v) is 31.1. The van der Waals surface area contributed by atoms with E-state index in [-0.39, 0.29) is 60.7 Å². The minimum absolute atomic E-state index is 0. The number of allylic oxidation sites excluding steroid dienone is 2. The normalized spacial score (nSPS) is 50.3. The Balaban J connectivity index is 0.00000461. The van der Waals surface area contributed by atoms with Crippen molar-refractivity contribution in [2.75, 3.05) is 6.61 Å². The summed E-state index contributed by atoms with van der Waals surface area (Å²) in [6.07, 6.45) is 3.15. The van der Waals surface area contributed by atoms with Crippen molar-refractivity contribution in [2.24, 2.45) is 45.3 Å². The van der Waals surface area contributed by atoms with Crippen LogP contribution >= 0.6 is 0 Å². The van der Waals surface area contributed by atoms with Gasteiger partial charge in [0, 0.05) is 0 Å². The van der Waals surface area contributed by atoms with Gasteiger partial charge in [-0.2, -0.15) is 0 Å². The van der Waals surface area contributed by atoms with Crippen molar-refractivity contribution in [3.05, 3.63) is 11.6 Å². The van der Waals surface area contributed by atoms with E-state index in [4.69, 9.17) is 9.47 Å². The molecule has 1 heterocycles. The Morgan fingerprint density at radius 2 is 1.53 bits per heavy atom. The molecule has 0 amide bonds. The molecule has 8 nitrogen and oxygen atoms in total. The minimum atomic E-state index is -1.46. The molecule has 5 rings (SSSR count). The number of ether oxygens (including phenoxy) is 2. The number of fused-ring (bicyclic) bond motifs is 5. The maximum Gasteiger partial charge on any atom is 4.00 e. The quantitative estimate of drug-likeness (QED) is 0.165. The second kappa shape index (κ2) is 13.1. The standard InChI is InChI=1S/C36H62O8.Pt/c1-20(2)10-9-14-36(8,42)21-11-16-35(7)27(21)22(38)18-25-33(5)15-13-26(32(3,4)24(33)12-17-34(25,35)6)44-31-30(41)29(40)28(39)23(19-37)43-31;/h10,21-31,37-42H,9,11-19H2,1-8H3;/q;+4/t21-,22+,23+,24-,25+,26-,27-,28+,29-,30+,31?,33-,34+,35+,36-;/m0./s1. The molecule has 6 N–H and O–H groups in total. The Morgan fingerprint density at radius 1 is 0.889 bits per heavy atom. The van der Waals surface area contributed by atoms with E-state index in [1.165, 1.54) is 5.57 Å². The summed E-state index contributed by atoms with van der Waals surface area (Å²) in [5.41, 5.74) is 0.122. The Kier molecular flexibility index (Phi) is 11.0. The van der Waals surface area contributed by atoms with E-state index in [0.717, 1.165) is 51.4 Å². The molecular weight excluding hydrogens is 755 g/mol. The fourth-order valence-electron chi connectivity index (χ4n) is 11.9. The molecule has 0 aromatic rings. The summed E-state index contributed by atoms with van der Waals surface area (Å²) in [6, 6.07) is 0. The third-order valence-electron chi connectivity index (χ3n) is 14.5. The van der Waals surface area contributed by atoms with Crippen molar-refractivity contribution in [3.8, 4) is 0 Å². The molecule has 9 heteroatoms. The molecule has 1 aliphatic heterocycles. The van der Waals surface area contributed by atoms with E-state index < -0.39 is 49.0 Å². The summed E-state index contributed by atoms with van der Waals surface area (Å²) >= 11 is 0. The molecule has 5 aliphatic rings. The SMILES string of the molecule is CC(C)=CCC[C@](C)(O)[C@H]1CC[C@]2(C)[C@@H]1[C@H](O)C[C@@H]1[C@@]3(C)CC[C@H](OC4O[C@H](CO)[C@@H](O)[C@H](O)[C@H]4O)C(C)(C)[C@@H]3CC[C@]12C.[Pt+4]. The number of aliphatic hydroxyl groups excluding tert-OH is 5. The largest absolute Gasteiger partial charge is 4.00 e. The average molecular weight is 818 g/mol. The van der Waals surface area contributed by atoms with Gasteiger partial charge < -0.3 is 40.1 Å². The maximum absolute atomic E-state index is 12.0. The van der Waals surface area contributed by atoms with Crippen LogP contribution in [0.4, 0.5) is 0 Å². The van der Waals surface area contributed by atoms with Crippen LogP contribution in [-0.2, 0) is 30.5 Å². The molecule has 1 saturated heterocycles. The smallest absolute Gasteiger partial charge is 0.394 e. The Hall–Kier alpha value is 0.108. The van der Waals surface area contributed by atoms with Crippen LogP contribution < -0.4 is 0 Å². The van der Waals surface area contributed by atoms with Gasteiger partial charge in [-0.15, -0.1) is 0 Å². The van der Waals surface area contributed by atoms with Crippen LogP contribution in [0.15, 0.2) is 11.6 Å². The first kappa shape index (κ1) is 37.9. The van der Waals surface area contributed by atoms with Crippen molar-refractivity contribution in [3.63, 3.8) is 0 Å². The number of hydrogen-bond acceptors (Lipinski definition) is 8. The first-order valence-corrected chi connectivity index (χ1v) is 17.3. The van der Waals surface area contributed by atoms with E-state index in [9.17, 15) is 30.6 Å². The molecule has 5 fully saturated rings. The Labute approximate surface area is 285 Å². The zero-order valence-electron chi connectivity index (χ0n) is 28.8. The van der Waals surface area contributed by atoms with E-state index in [2.05, 4.69) is 54.5 Å². The van der Waals surface area contributed by atoms with Gasteiger partial charge >= 0.3 is 21.1 Å². The van der Waals surface area contributed by atoms with Crippen LogP contribution in [-0.4, -0.2) is 85.8 Å². The van der Waals surface area contributed by atoms with Gasteiger partial charge in [-0.05, 0) is 124 Å². The van der Waals surface area contributed by atoms with E-state index in [1.807, 2.05) is 6.92 Å². The van der Waals surface area contributed by atoms with Gasteiger partial charge in [0.05, 0.1) is 24.4 Å². The van der Waals surface area contributed by atoms with Gasteiger partial charge in [0.25, 0.3) is 0 Å². The zero-order chi connectivity index (χ0) is 32.6. The molecule has 1 unspecified atom stereocenters. The van der Waals surface area contributed by atoms with Gasteiger partial charge in [-0.1, -0.05) is 46.3 Å². The molecule has 0 aromatic heterocycles. The molecule has 260 valence electrons. The van der Waals surface area contributed by atoms with E-state index >= 15 is 0 Å². The molecule has 0 aromatic carbocycles. The Morgan fingerprint density at radius 3 is 2.16 bits per heavy atom. The van der Waals surface area contributed by atoms with Crippen LogP contribution in [0.5, 0.6) is 0 Å². The van der Waals surface area contributed by atoms with Crippen LogP contribution in [0.25, 0.3) is 0 Å². The number of aliphatic hydroxyl groups is 6. The van der Waals surface area contributed by atoms with Gasteiger partial charge in [0.1, 0.15) is 24.4 Å². The van der Waals surface area contributed by atoms with Crippen molar-refractivity contribution in [2.45, 2.75) is 162 Å². The van der Waals surface area contributed by atoms with Crippen molar-refractivity contribution in [1.82, 2.24) is 0 Å². The number of rotatable bonds is 7. The fourth-order valence-corrected chi connectivity index (χ4v) is 11.9. The van der Waals surface area contributed by atoms with E-state index in [1.54, 1.807) is 0 Å². The molecular formula is C36H62O8Pt+4. The molecule has 0 radical (unpaired) electrons. The third-order valence-corrected chi connectivity index (χ3v) is 14.5. The molecule has 4 saturated carbocycles. The molecule has 0 spiro atoms. The van der Waals surface area contributed by atoms with Gasteiger partial charge in [-0.3, -0.25) is 0 Å². The van der Waals surface area contributed by atoms with Crippen LogP contribution in [0, 0.1) is 45.3 Å². The monoisotopic (exact) mass is 817 g/mol. The minimum Gasteiger partial charge on any atom is -0.394 e. The second-order valence-corrected chi connectivity index (χ2v) is 17.3. The molecule has 4 aliphatic carbocycles.